The van der Waals surface area contributed by atoms with Gasteiger partial charge in [0.15, 0.2) is 0 Å². The molecule has 0 spiro atoms. The van der Waals surface area contributed by atoms with Gasteiger partial charge in [0, 0.05) is 55.4 Å². The van der Waals surface area contributed by atoms with Gasteiger partial charge in [-0.05, 0) is 118 Å². The molecule has 3 unspecified atom stereocenters. The van der Waals surface area contributed by atoms with E-state index in [-0.39, 0.29) is 42.2 Å². The highest BCUT2D eigenvalue weighted by Gasteiger charge is 2.40. The van der Waals surface area contributed by atoms with Gasteiger partial charge in [0.1, 0.15) is 24.7 Å². The molecular weight excluding hydrogens is 752 g/mol. The standard InChI is InChI=1S/C39H59ClN4O8S2/c1-26-19-29(10-14-38(26)52-23-27(2)44-16-6-7-34(37(44)24-49-3)41-53(4,45)46)30-20-35(42-54(5,47)48)36-25-51-32-12-8-28(9-13-32)33-21-31(40)11-15-39(33)50-18-17-43(36)22-30/h10-11,14-15,19,21,27-28,30,32,34-37,41-42H,6-9,12-13,16-18,20,22-25H2,1-5H3/t27-,28?,30?,32?,34-,35?,36-,37?/m0/s1. The number of aryl methyl sites for hydroxylation is 1. The van der Waals surface area contributed by atoms with Crippen LogP contribution >= 0.6 is 11.6 Å². The number of piperidine rings is 2. The molecule has 0 aromatic heterocycles. The van der Waals surface area contributed by atoms with E-state index >= 15 is 0 Å². The lowest BCUT2D eigenvalue weighted by Gasteiger charge is -2.45. The van der Waals surface area contributed by atoms with E-state index in [4.69, 9.17) is 30.5 Å². The number of benzene rings is 2. The van der Waals surface area contributed by atoms with Gasteiger partial charge in [0.25, 0.3) is 0 Å². The molecule has 4 aliphatic heterocycles. The van der Waals surface area contributed by atoms with Crippen molar-refractivity contribution >= 4 is 31.6 Å². The van der Waals surface area contributed by atoms with Crippen LogP contribution in [0.5, 0.6) is 11.5 Å². The van der Waals surface area contributed by atoms with Gasteiger partial charge < -0.3 is 18.9 Å². The zero-order valence-electron chi connectivity index (χ0n) is 32.3. The first-order chi connectivity index (χ1) is 25.7. The Labute approximate surface area is 327 Å². The number of likely N-dealkylation sites (tertiary alicyclic amines) is 1. The molecule has 6 atom stereocenters. The zero-order chi connectivity index (χ0) is 38.6. The van der Waals surface area contributed by atoms with E-state index in [9.17, 15) is 16.8 Å². The van der Waals surface area contributed by atoms with Gasteiger partial charge in [0.2, 0.25) is 20.0 Å². The number of methoxy groups -OCH3 is 1. The van der Waals surface area contributed by atoms with Crippen LogP contribution < -0.4 is 18.9 Å². The third-order valence-electron chi connectivity index (χ3n) is 11.8. The first kappa shape index (κ1) is 41.6. The van der Waals surface area contributed by atoms with Crippen molar-refractivity contribution in [3.05, 3.63) is 58.1 Å². The van der Waals surface area contributed by atoms with Crippen LogP contribution in [0.2, 0.25) is 5.02 Å². The average Bonchev–Trinajstić information content (AvgIpc) is 3.12. The minimum Gasteiger partial charge on any atom is -0.492 e. The normalized spacial score (nSPS) is 29.5. The summed E-state index contributed by atoms with van der Waals surface area (Å²) >= 11 is 6.44. The molecular formula is C39H59ClN4O8S2. The highest BCUT2D eigenvalue weighted by molar-refractivity contribution is 7.89. The zero-order valence-corrected chi connectivity index (χ0v) is 34.7. The maximum atomic E-state index is 12.7. The van der Waals surface area contributed by atoms with Crippen LogP contribution in [0.3, 0.4) is 0 Å². The van der Waals surface area contributed by atoms with Crippen molar-refractivity contribution in [1.82, 2.24) is 19.2 Å². The summed E-state index contributed by atoms with van der Waals surface area (Å²) in [4.78, 5) is 4.64. The topological polar surface area (TPSA) is 136 Å². The van der Waals surface area contributed by atoms with Gasteiger partial charge in [-0.3, -0.25) is 9.80 Å². The molecule has 2 bridgehead atoms. The second-order valence-electron chi connectivity index (χ2n) is 15.9. The summed E-state index contributed by atoms with van der Waals surface area (Å²) in [5.74, 6) is 2.10. The Balaban J connectivity index is 1.17. The van der Waals surface area contributed by atoms with Crippen molar-refractivity contribution in [2.24, 2.45) is 0 Å². The van der Waals surface area contributed by atoms with Crippen LogP contribution in [0.15, 0.2) is 36.4 Å². The summed E-state index contributed by atoms with van der Waals surface area (Å²) < 4.78 is 80.4. The van der Waals surface area contributed by atoms with Gasteiger partial charge in [-0.25, -0.2) is 26.3 Å². The van der Waals surface area contributed by atoms with Crippen molar-refractivity contribution in [3.8, 4) is 11.5 Å². The highest BCUT2D eigenvalue weighted by atomic mass is 35.5. The number of fused-ring (bicyclic) bond motifs is 5. The van der Waals surface area contributed by atoms with E-state index in [2.05, 4.69) is 38.3 Å². The van der Waals surface area contributed by atoms with Crippen molar-refractivity contribution in [2.45, 2.75) is 107 Å². The fourth-order valence-electron chi connectivity index (χ4n) is 9.17. The van der Waals surface area contributed by atoms with E-state index in [1.807, 2.05) is 31.2 Å². The van der Waals surface area contributed by atoms with Crippen molar-refractivity contribution < 1.29 is 35.8 Å². The number of hydrogen-bond donors (Lipinski definition) is 2. The van der Waals surface area contributed by atoms with Gasteiger partial charge in [-0.15, -0.1) is 0 Å². The van der Waals surface area contributed by atoms with Crippen LogP contribution in [-0.4, -0.2) is 129 Å². The molecule has 302 valence electrons. The Morgan fingerprint density at radius 1 is 0.944 bits per heavy atom. The van der Waals surface area contributed by atoms with E-state index in [1.165, 1.54) is 12.5 Å². The number of sulfonamides is 2. The molecule has 0 amide bonds. The summed E-state index contributed by atoms with van der Waals surface area (Å²) in [6.07, 6.45) is 8.71. The minimum atomic E-state index is -3.49. The predicted molar refractivity (Wildman–Crippen MR) is 212 cm³/mol. The summed E-state index contributed by atoms with van der Waals surface area (Å²) in [6, 6.07) is 11.4. The average molecular weight is 812 g/mol. The van der Waals surface area contributed by atoms with Gasteiger partial charge in [0.05, 0.1) is 31.8 Å². The van der Waals surface area contributed by atoms with Crippen LogP contribution in [0, 0.1) is 6.92 Å². The largest absolute Gasteiger partial charge is 0.492 e. The Kier molecular flexibility index (Phi) is 13.9. The van der Waals surface area contributed by atoms with Gasteiger partial charge in [-0.1, -0.05) is 23.7 Å². The van der Waals surface area contributed by atoms with Crippen LogP contribution in [0.25, 0.3) is 0 Å². The van der Waals surface area contributed by atoms with Crippen LogP contribution in [0.1, 0.15) is 80.4 Å². The fraction of sp³-hybridized carbons (Fsp3) is 0.692. The van der Waals surface area contributed by atoms with E-state index in [0.717, 1.165) is 79.8 Å². The van der Waals surface area contributed by atoms with E-state index in [1.54, 1.807) is 7.11 Å². The molecule has 0 radical (unpaired) electrons. The molecule has 54 heavy (non-hydrogen) atoms. The predicted octanol–water partition coefficient (Wildman–Crippen LogP) is 4.66. The summed E-state index contributed by atoms with van der Waals surface area (Å²) in [5.41, 5.74) is 3.29. The lowest BCUT2D eigenvalue weighted by molar-refractivity contribution is -0.0315. The number of halogens is 1. The van der Waals surface area contributed by atoms with Crippen molar-refractivity contribution in [3.63, 3.8) is 0 Å². The number of nitrogens with zero attached hydrogens (tertiary/aromatic N) is 2. The molecule has 5 aliphatic rings. The third kappa shape index (κ3) is 10.9. The van der Waals surface area contributed by atoms with E-state index in [0.29, 0.717) is 50.3 Å². The SMILES string of the molecule is COCC1[C@@H](NS(C)(=O)=O)CCCN1[C@@H](C)COc1ccc(C2CC(NS(C)(=O)=O)[C@@H]3COC4CCC(CC4)c4cc(Cl)ccc4OCCN3C2)cc1C. The summed E-state index contributed by atoms with van der Waals surface area (Å²) in [5, 5.41) is 0.713. The van der Waals surface area contributed by atoms with Crippen LogP contribution in [0.4, 0.5) is 0 Å². The molecule has 12 nitrogen and oxygen atoms in total. The number of ether oxygens (including phenoxy) is 4. The molecule has 2 N–H and O–H groups in total. The Morgan fingerprint density at radius 2 is 1.69 bits per heavy atom. The van der Waals surface area contributed by atoms with E-state index < -0.39 is 20.0 Å². The van der Waals surface area contributed by atoms with Crippen molar-refractivity contribution in [1.29, 1.82) is 0 Å². The molecule has 2 saturated heterocycles. The third-order valence-corrected chi connectivity index (χ3v) is 13.5. The summed E-state index contributed by atoms with van der Waals surface area (Å²) in [7, 11) is -5.21. The quantitative estimate of drug-likeness (QED) is 0.330. The Hall–Kier alpha value is -2.01. The number of rotatable bonds is 11. The van der Waals surface area contributed by atoms with Crippen LogP contribution in [-0.2, 0) is 29.5 Å². The second-order valence-corrected chi connectivity index (χ2v) is 19.9. The Bertz CT molecular complexity index is 1790. The minimum absolute atomic E-state index is 0.0215. The maximum Gasteiger partial charge on any atom is 0.209 e. The first-order valence-corrected chi connectivity index (χ1v) is 23.5. The maximum absolute atomic E-state index is 12.7. The van der Waals surface area contributed by atoms with Crippen molar-refractivity contribution in [2.75, 3.05) is 65.7 Å². The second kappa shape index (κ2) is 18.1. The summed E-state index contributed by atoms with van der Waals surface area (Å²) in [6.45, 7) is 8.08. The molecule has 2 aromatic rings. The monoisotopic (exact) mass is 810 g/mol. The molecule has 1 aliphatic carbocycles. The lowest BCUT2D eigenvalue weighted by Crippen LogP contribution is -2.60. The van der Waals surface area contributed by atoms with Gasteiger partial charge in [-0.2, -0.15) is 0 Å². The Morgan fingerprint density at radius 3 is 2.39 bits per heavy atom. The molecule has 1 saturated carbocycles. The molecule has 3 fully saturated rings. The lowest BCUT2D eigenvalue weighted by atomic mass is 9.82. The molecule has 15 heteroatoms. The fourth-order valence-corrected chi connectivity index (χ4v) is 11.0. The highest BCUT2D eigenvalue weighted by Crippen LogP contribution is 2.41. The molecule has 4 heterocycles. The van der Waals surface area contributed by atoms with Gasteiger partial charge >= 0.3 is 0 Å². The molecule has 7 rings (SSSR count). The first-order valence-electron chi connectivity index (χ1n) is 19.4. The smallest absolute Gasteiger partial charge is 0.209 e. The number of nitrogens with one attached hydrogen (secondary N) is 2. The molecule has 2 aromatic carbocycles. The number of hydrogen-bond acceptors (Lipinski definition) is 10.